The molecule has 5 nitrogen and oxygen atoms in total. The Hall–Kier alpha value is -0.740. The molecule has 0 aromatic carbocycles. The first-order valence-corrected chi connectivity index (χ1v) is 7.65. The van der Waals surface area contributed by atoms with Crippen LogP contribution in [0.15, 0.2) is 18.3 Å². The molecule has 18 heavy (non-hydrogen) atoms. The Labute approximate surface area is 111 Å². The highest BCUT2D eigenvalue weighted by molar-refractivity contribution is 7.54. The zero-order valence-corrected chi connectivity index (χ0v) is 11.9. The van der Waals surface area contributed by atoms with Gasteiger partial charge in [0.15, 0.2) is 5.78 Å². The molecule has 1 aromatic rings. The van der Waals surface area contributed by atoms with Gasteiger partial charge >= 0.3 is 7.60 Å². The van der Waals surface area contributed by atoms with E-state index in [9.17, 15) is 9.36 Å². The molecule has 0 aliphatic rings. The maximum absolute atomic E-state index is 12.2. The van der Waals surface area contributed by atoms with E-state index in [1.807, 2.05) is 0 Å². The number of hydrogen-bond donors (Lipinski definition) is 0. The van der Waals surface area contributed by atoms with Gasteiger partial charge in [-0.2, -0.15) is 0 Å². The van der Waals surface area contributed by atoms with Crippen LogP contribution in [0.2, 0.25) is 5.15 Å². The second kappa shape index (κ2) is 7.00. The summed E-state index contributed by atoms with van der Waals surface area (Å²) in [5, 5.41) is 0.0852. The highest BCUT2D eigenvalue weighted by Gasteiger charge is 2.29. The first-order valence-electron chi connectivity index (χ1n) is 5.54. The minimum Gasteiger partial charge on any atom is -0.309 e. The lowest BCUT2D eigenvalue weighted by Crippen LogP contribution is -2.11. The molecule has 0 aliphatic carbocycles. The van der Waals surface area contributed by atoms with Crippen LogP contribution in [-0.4, -0.2) is 30.1 Å². The molecule has 0 N–H and O–H groups in total. The fourth-order valence-corrected chi connectivity index (χ4v) is 3.17. The Bertz CT molecular complexity index is 456. The summed E-state index contributed by atoms with van der Waals surface area (Å²) in [6, 6.07) is 3.12. The third kappa shape index (κ3) is 4.18. The fourth-order valence-electron chi connectivity index (χ4n) is 1.38. The number of pyridine rings is 1. The second-order valence-corrected chi connectivity index (χ2v) is 5.78. The molecular weight excluding hydrogens is 277 g/mol. The Kier molecular flexibility index (Phi) is 5.96. The van der Waals surface area contributed by atoms with Crippen molar-refractivity contribution < 1.29 is 18.4 Å². The lowest BCUT2D eigenvalue weighted by atomic mass is 10.2. The van der Waals surface area contributed by atoms with E-state index in [1.165, 1.54) is 12.3 Å². The van der Waals surface area contributed by atoms with Crippen molar-refractivity contribution in [3.05, 3.63) is 29.0 Å². The number of nitrogens with zero attached hydrogens (tertiary/aromatic N) is 1. The van der Waals surface area contributed by atoms with Crippen LogP contribution in [0.25, 0.3) is 0 Å². The van der Waals surface area contributed by atoms with Crippen LogP contribution in [-0.2, 0) is 13.6 Å². The predicted molar refractivity (Wildman–Crippen MR) is 69.3 cm³/mol. The molecular formula is C11H15ClNO4P. The monoisotopic (exact) mass is 291 g/mol. The molecule has 0 aliphatic heterocycles. The van der Waals surface area contributed by atoms with E-state index >= 15 is 0 Å². The number of carbonyl (C=O) groups is 1. The van der Waals surface area contributed by atoms with Gasteiger partial charge in [0.1, 0.15) is 11.3 Å². The summed E-state index contributed by atoms with van der Waals surface area (Å²) >= 11 is 5.80. The smallest absolute Gasteiger partial charge is 0.309 e. The van der Waals surface area contributed by atoms with Crippen LogP contribution in [0, 0.1) is 0 Å². The molecule has 1 heterocycles. The van der Waals surface area contributed by atoms with Crippen molar-refractivity contribution in [3.8, 4) is 0 Å². The largest absolute Gasteiger partial charge is 0.338 e. The highest BCUT2D eigenvalue weighted by Crippen LogP contribution is 2.48. The maximum atomic E-state index is 12.2. The van der Waals surface area contributed by atoms with Crippen molar-refractivity contribution in [1.29, 1.82) is 0 Å². The van der Waals surface area contributed by atoms with Crippen LogP contribution in [0.5, 0.6) is 0 Å². The van der Waals surface area contributed by atoms with Crippen molar-refractivity contribution in [2.45, 2.75) is 13.8 Å². The molecule has 0 radical (unpaired) electrons. The molecule has 0 saturated carbocycles. The van der Waals surface area contributed by atoms with Gasteiger partial charge in [-0.05, 0) is 26.0 Å². The van der Waals surface area contributed by atoms with Crippen molar-refractivity contribution in [2.24, 2.45) is 0 Å². The molecule has 7 heteroatoms. The molecule has 0 spiro atoms. The minimum absolute atomic E-state index is 0.0852. The number of Topliss-reactive ketones (excluding diaryl/α,β-unsaturated/α-hetero) is 1. The standard InChI is InChI=1S/C11H15ClNO4P/c1-3-16-18(15,17-4-2)8-10(14)9-6-5-7-13-11(9)12/h5-7H,3-4,8H2,1-2H3. The zero-order chi connectivity index (χ0) is 13.6. The van der Waals surface area contributed by atoms with E-state index in [1.54, 1.807) is 19.9 Å². The minimum atomic E-state index is -3.40. The van der Waals surface area contributed by atoms with E-state index < -0.39 is 13.4 Å². The van der Waals surface area contributed by atoms with Gasteiger partial charge in [0.2, 0.25) is 0 Å². The van der Waals surface area contributed by atoms with Gasteiger partial charge < -0.3 is 9.05 Å². The SMILES string of the molecule is CCOP(=O)(CC(=O)c1cccnc1Cl)OCC. The number of carbonyl (C=O) groups excluding carboxylic acids is 1. The molecule has 0 saturated heterocycles. The molecule has 0 atom stereocenters. The van der Waals surface area contributed by atoms with E-state index in [0.29, 0.717) is 0 Å². The number of aromatic nitrogens is 1. The molecule has 0 fully saturated rings. The number of ketones is 1. The lowest BCUT2D eigenvalue weighted by Gasteiger charge is -2.16. The van der Waals surface area contributed by atoms with Gasteiger partial charge in [-0.25, -0.2) is 4.98 Å². The van der Waals surface area contributed by atoms with Crippen molar-refractivity contribution in [1.82, 2.24) is 4.98 Å². The Morgan fingerprint density at radius 3 is 2.50 bits per heavy atom. The Morgan fingerprint density at radius 2 is 2.00 bits per heavy atom. The molecule has 0 bridgehead atoms. The third-order valence-corrected chi connectivity index (χ3v) is 4.33. The summed E-state index contributed by atoms with van der Waals surface area (Å²) in [5.41, 5.74) is 0.221. The Morgan fingerprint density at radius 1 is 1.39 bits per heavy atom. The van der Waals surface area contributed by atoms with Gasteiger partial charge in [0, 0.05) is 6.20 Å². The van der Waals surface area contributed by atoms with Gasteiger partial charge in [0.05, 0.1) is 18.8 Å². The first-order chi connectivity index (χ1) is 8.52. The molecule has 0 unspecified atom stereocenters. The molecule has 100 valence electrons. The summed E-state index contributed by atoms with van der Waals surface area (Å²) in [5.74, 6) is -0.404. The molecule has 0 amide bonds. The van der Waals surface area contributed by atoms with E-state index in [-0.39, 0.29) is 30.1 Å². The topological polar surface area (TPSA) is 65.5 Å². The van der Waals surface area contributed by atoms with E-state index in [4.69, 9.17) is 20.6 Å². The van der Waals surface area contributed by atoms with Gasteiger partial charge in [0.25, 0.3) is 0 Å². The van der Waals surface area contributed by atoms with Crippen LogP contribution >= 0.6 is 19.2 Å². The van der Waals surface area contributed by atoms with Crippen LogP contribution < -0.4 is 0 Å². The summed E-state index contributed by atoms with van der Waals surface area (Å²) < 4.78 is 22.3. The average Bonchev–Trinajstić information content (AvgIpc) is 2.29. The van der Waals surface area contributed by atoms with Gasteiger partial charge in [-0.1, -0.05) is 11.6 Å². The Balaban J connectivity index is 2.85. The third-order valence-electron chi connectivity index (χ3n) is 2.05. The predicted octanol–water partition coefficient (Wildman–Crippen LogP) is 3.18. The second-order valence-electron chi connectivity index (χ2n) is 3.37. The average molecular weight is 292 g/mol. The normalized spacial score (nSPS) is 11.5. The van der Waals surface area contributed by atoms with E-state index in [2.05, 4.69) is 4.98 Å². The number of halogens is 1. The quantitative estimate of drug-likeness (QED) is 0.438. The molecule has 1 rings (SSSR count). The van der Waals surface area contributed by atoms with E-state index in [0.717, 1.165) is 0 Å². The van der Waals surface area contributed by atoms with Gasteiger partial charge in [-0.15, -0.1) is 0 Å². The summed E-state index contributed by atoms with van der Waals surface area (Å²) in [7, 11) is -3.40. The lowest BCUT2D eigenvalue weighted by molar-refractivity contribution is 0.100. The first kappa shape index (κ1) is 15.3. The van der Waals surface area contributed by atoms with Crippen LogP contribution in [0.1, 0.15) is 24.2 Å². The van der Waals surface area contributed by atoms with Crippen LogP contribution in [0.3, 0.4) is 0 Å². The van der Waals surface area contributed by atoms with Gasteiger partial charge in [-0.3, -0.25) is 9.36 Å². The zero-order valence-electron chi connectivity index (χ0n) is 10.3. The van der Waals surface area contributed by atoms with Crippen molar-refractivity contribution in [3.63, 3.8) is 0 Å². The fraction of sp³-hybridized carbons (Fsp3) is 0.455. The number of rotatable bonds is 7. The van der Waals surface area contributed by atoms with Crippen LogP contribution in [0.4, 0.5) is 0 Å². The number of hydrogen-bond acceptors (Lipinski definition) is 5. The maximum Gasteiger partial charge on any atom is 0.338 e. The summed E-state index contributed by atoms with van der Waals surface area (Å²) in [6.45, 7) is 3.80. The summed E-state index contributed by atoms with van der Waals surface area (Å²) in [4.78, 5) is 15.8. The highest BCUT2D eigenvalue weighted by atomic mass is 35.5. The van der Waals surface area contributed by atoms with Crippen molar-refractivity contribution >= 4 is 25.0 Å². The summed E-state index contributed by atoms with van der Waals surface area (Å²) in [6.07, 6.45) is 1.14. The molecule has 1 aromatic heterocycles. The van der Waals surface area contributed by atoms with Crippen molar-refractivity contribution in [2.75, 3.05) is 19.4 Å².